The maximum absolute atomic E-state index is 11.1. The summed E-state index contributed by atoms with van der Waals surface area (Å²) in [5.74, 6) is -0.141. The molecule has 1 unspecified atom stereocenters. The Hall–Kier alpha value is -0.190. The predicted octanol–water partition coefficient (Wildman–Crippen LogP) is 2.00. The van der Waals surface area contributed by atoms with Crippen molar-refractivity contribution in [1.29, 1.82) is 0 Å². The molecule has 1 N–H and O–H groups in total. The first-order valence-corrected chi connectivity index (χ1v) is 5.21. The van der Waals surface area contributed by atoms with Gasteiger partial charge in [-0.1, -0.05) is 0 Å². The first-order chi connectivity index (χ1) is 5.61. The number of halogens is 1. The van der Waals surface area contributed by atoms with E-state index in [-0.39, 0.29) is 5.78 Å². The highest BCUT2D eigenvalue weighted by molar-refractivity contribution is 9.10. The number of aliphatic hydroxyl groups excluding tert-OH is 1. The van der Waals surface area contributed by atoms with Gasteiger partial charge in [0.2, 0.25) is 0 Å². The lowest BCUT2D eigenvalue weighted by atomic mass is 10.2. The third kappa shape index (κ3) is 2.40. The summed E-state index contributed by atoms with van der Waals surface area (Å²) in [7, 11) is 0. The molecule has 1 rings (SSSR count). The van der Waals surface area contributed by atoms with E-state index < -0.39 is 6.10 Å². The molecular weight excluding hydrogens is 240 g/mol. The highest BCUT2D eigenvalue weighted by Crippen LogP contribution is 2.23. The molecule has 0 radical (unpaired) electrons. The van der Waals surface area contributed by atoms with Crippen LogP contribution < -0.4 is 0 Å². The molecule has 0 fully saturated rings. The number of ketones is 1. The second-order valence-corrected chi connectivity index (χ2v) is 4.37. The van der Waals surface area contributed by atoms with Crippen LogP contribution in [0.1, 0.15) is 11.8 Å². The maximum Gasteiger partial charge on any atom is 0.166 e. The Kier molecular flexibility index (Phi) is 3.43. The summed E-state index contributed by atoms with van der Waals surface area (Å²) in [6, 6.07) is 1.90. The number of aliphatic hydroxyl groups is 1. The topological polar surface area (TPSA) is 37.3 Å². The predicted molar refractivity (Wildman–Crippen MR) is 52.4 cm³/mol. The molecule has 0 aliphatic carbocycles. The summed E-state index contributed by atoms with van der Waals surface area (Å²) in [5.41, 5.74) is 0. The zero-order chi connectivity index (χ0) is 9.14. The molecule has 12 heavy (non-hydrogen) atoms. The van der Waals surface area contributed by atoms with E-state index in [0.717, 1.165) is 9.35 Å². The largest absolute Gasteiger partial charge is 0.386 e. The Morgan fingerprint density at radius 2 is 2.50 bits per heavy atom. The van der Waals surface area contributed by atoms with Gasteiger partial charge in [-0.2, -0.15) is 0 Å². The van der Waals surface area contributed by atoms with Gasteiger partial charge in [0.1, 0.15) is 6.10 Å². The molecule has 0 aromatic carbocycles. The van der Waals surface area contributed by atoms with Gasteiger partial charge in [0.05, 0.1) is 0 Å². The van der Waals surface area contributed by atoms with Crippen LogP contribution in [0.5, 0.6) is 0 Å². The lowest BCUT2D eigenvalue weighted by molar-refractivity contribution is -0.125. The normalized spacial score (nSPS) is 12.9. The van der Waals surface area contributed by atoms with Crippen LogP contribution in [0.15, 0.2) is 15.9 Å². The van der Waals surface area contributed by atoms with Crippen molar-refractivity contribution >= 4 is 33.0 Å². The maximum atomic E-state index is 11.1. The van der Waals surface area contributed by atoms with Gasteiger partial charge in [-0.25, -0.2) is 0 Å². The molecule has 0 saturated carbocycles. The fraction of sp³-hybridized carbons (Fsp3) is 0.375. The summed E-state index contributed by atoms with van der Waals surface area (Å²) >= 11 is 4.84. The summed E-state index contributed by atoms with van der Waals surface area (Å²) in [6.07, 6.45) is -0.547. The standard InChI is InChI=1S/C8H9BrO2S/c1-5(10)7(11)4-8-6(9)2-3-12-8/h2-3,5,10H,4H2,1H3. The van der Waals surface area contributed by atoms with Crippen LogP contribution in [0.2, 0.25) is 0 Å². The molecule has 4 heteroatoms. The highest BCUT2D eigenvalue weighted by Gasteiger charge is 2.12. The lowest BCUT2D eigenvalue weighted by Gasteiger charge is -2.01. The number of thiophene rings is 1. The van der Waals surface area contributed by atoms with E-state index in [1.165, 1.54) is 18.3 Å². The minimum Gasteiger partial charge on any atom is -0.386 e. The molecule has 0 saturated heterocycles. The molecule has 1 aromatic heterocycles. The van der Waals surface area contributed by atoms with Gasteiger partial charge < -0.3 is 5.11 Å². The van der Waals surface area contributed by atoms with Crippen LogP contribution in [0.4, 0.5) is 0 Å². The van der Waals surface area contributed by atoms with E-state index in [1.807, 2.05) is 11.4 Å². The summed E-state index contributed by atoms with van der Waals surface area (Å²) in [5, 5.41) is 10.9. The SMILES string of the molecule is CC(O)C(=O)Cc1sccc1Br. The molecule has 1 atom stereocenters. The van der Waals surface area contributed by atoms with Crippen molar-refractivity contribution in [1.82, 2.24) is 0 Å². The first kappa shape index (κ1) is 9.89. The van der Waals surface area contributed by atoms with Crippen LogP contribution in [0, 0.1) is 0 Å². The monoisotopic (exact) mass is 248 g/mol. The zero-order valence-corrected chi connectivity index (χ0v) is 8.98. The Balaban J connectivity index is 2.64. The molecule has 0 amide bonds. The van der Waals surface area contributed by atoms with Crippen LogP contribution in [-0.2, 0) is 11.2 Å². The molecule has 0 spiro atoms. The fourth-order valence-electron chi connectivity index (χ4n) is 0.757. The fourth-order valence-corrected chi connectivity index (χ4v) is 2.26. The van der Waals surface area contributed by atoms with E-state index in [9.17, 15) is 4.79 Å². The Morgan fingerprint density at radius 3 is 2.92 bits per heavy atom. The second kappa shape index (κ2) is 4.16. The summed E-state index contributed by atoms with van der Waals surface area (Å²) in [4.78, 5) is 12.1. The van der Waals surface area contributed by atoms with Crippen molar-refractivity contribution in [3.63, 3.8) is 0 Å². The molecule has 0 aliphatic rings. The molecule has 66 valence electrons. The van der Waals surface area contributed by atoms with Crippen molar-refractivity contribution < 1.29 is 9.90 Å². The van der Waals surface area contributed by atoms with E-state index in [1.54, 1.807) is 0 Å². The van der Waals surface area contributed by atoms with Crippen LogP contribution in [0.3, 0.4) is 0 Å². The van der Waals surface area contributed by atoms with Crippen molar-refractivity contribution in [2.24, 2.45) is 0 Å². The zero-order valence-electron chi connectivity index (χ0n) is 6.58. The van der Waals surface area contributed by atoms with Gasteiger partial charge in [0.15, 0.2) is 5.78 Å². The summed E-state index contributed by atoms with van der Waals surface area (Å²) < 4.78 is 0.946. The Labute approximate surface area is 83.4 Å². The molecule has 0 bridgehead atoms. The summed E-state index contributed by atoms with van der Waals surface area (Å²) in [6.45, 7) is 1.49. The van der Waals surface area contributed by atoms with Gasteiger partial charge in [0.25, 0.3) is 0 Å². The second-order valence-electron chi connectivity index (χ2n) is 2.51. The quantitative estimate of drug-likeness (QED) is 0.889. The van der Waals surface area contributed by atoms with Crippen LogP contribution >= 0.6 is 27.3 Å². The van der Waals surface area contributed by atoms with Gasteiger partial charge in [-0.15, -0.1) is 11.3 Å². The van der Waals surface area contributed by atoms with Crippen LogP contribution in [-0.4, -0.2) is 17.0 Å². The highest BCUT2D eigenvalue weighted by atomic mass is 79.9. The van der Waals surface area contributed by atoms with Crippen LogP contribution in [0.25, 0.3) is 0 Å². The Morgan fingerprint density at radius 1 is 1.83 bits per heavy atom. The van der Waals surface area contributed by atoms with Crippen molar-refractivity contribution in [3.8, 4) is 0 Å². The van der Waals surface area contributed by atoms with Crippen molar-refractivity contribution in [2.75, 3.05) is 0 Å². The average molecular weight is 249 g/mol. The minimum absolute atomic E-state index is 0.141. The number of hydrogen-bond acceptors (Lipinski definition) is 3. The number of rotatable bonds is 3. The number of carbonyl (C=O) groups excluding carboxylic acids is 1. The molecular formula is C8H9BrO2S. The van der Waals surface area contributed by atoms with E-state index in [2.05, 4.69) is 15.9 Å². The third-order valence-corrected chi connectivity index (χ3v) is 3.42. The lowest BCUT2D eigenvalue weighted by Crippen LogP contribution is -2.17. The van der Waals surface area contributed by atoms with Crippen molar-refractivity contribution in [3.05, 3.63) is 20.8 Å². The number of Topliss-reactive ketones (excluding diaryl/α,β-unsaturated/α-hetero) is 1. The molecule has 1 aromatic rings. The van der Waals surface area contributed by atoms with E-state index >= 15 is 0 Å². The first-order valence-electron chi connectivity index (χ1n) is 3.54. The third-order valence-electron chi connectivity index (χ3n) is 1.49. The van der Waals surface area contributed by atoms with E-state index in [4.69, 9.17) is 5.11 Å². The molecule has 0 aliphatic heterocycles. The van der Waals surface area contributed by atoms with Crippen molar-refractivity contribution in [2.45, 2.75) is 19.4 Å². The van der Waals surface area contributed by atoms with Gasteiger partial charge in [-0.05, 0) is 34.3 Å². The van der Waals surface area contributed by atoms with Gasteiger partial charge >= 0.3 is 0 Å². The smallest absolute Gasteiger partial charge is 0.166 e. The van der Waals surface area contributed by atoms with E-state index in [0.29, 0.717) is 6.42 Å². The van der Waals surface area contributed by atoms with Gasteiger partial charge in [0, 0.05) is 15.8 Å². The minimum atomic E-state index is -0.862. The Bertz CT molecular complexity index is 280. The van der Waals surface area contributed by atoms with Gasteiger partial charge in [-0.3, -0.25) is 4.79 Å². The number of carbonyl (C=O) groups is 1. The molecule has 1 heterocycles. The molecule has 2 nitrogen and oxygen atoms in total. The number of hydrogen-bond donors (Lipinski definition) is 1. The average Bonchev–Trinajstić information content (AvgIpc) is 2.36.